The maximum atomic E-state index is 15.6. The summed E-state index contributed by atoms with van der Waals surface area (Å²) in [6.45, 7) is 6.61. The number of likely N-dealkylation sites (N-methyl/N-ethyl adjacent to an activating group) is 1. The summed E-state index contributed by atoms with van der Waals surface area (Å²) in [6.07, 6.45) is 10.4. The van der Waals surface area contributed by atoms with E-state index >= 15 is 8.78 Å². The molecule has 1 aromatic carbocycles. The highest BCUT2D eigenvalue weighted by atomic mass is 19.1. The molecule has 1 N–H and O–H groups in total. The van der Waals surface area contributed by atoms with Crippen LogP contribution in [0.2, 0.25) is 0 Å². The fraction of sp³-hybridized carbons (Fsp3) is 0.486. The monoisotopic (exact) mass is 641 g/mol. The first-order valence-corrected chi connectivity index (χ1v) is 16.8. The van der Waals surface area contributed by atoms with E-state index in [1.165, 1.54) is 12.5 Å². The van der Waals surface area contributed by atoms with E-state index in [4.69, 9.17) is 0 Å². The zero-order chi connectivity index (χ0) is 33.1. The molecule has 3 atom stereocenters. The first-order chi connectivity index (χ1) is 22.6. The van der Waals surface area contributed by atoms with Crippen LogP contribution in [0.25, 0.3) is 22.2 Å². The van der Waals surface area contributed by atoms with Gasteiger partial charge in [-0.1, -0.05) is 26.3 Å². The molecule has 0 bridgehead atoms. The number of alkyl halides is 1. The lowest BCUT2D eigenvalue weighted by atomic mass is 9.77. The van der Waals surface area contributed by atoms with Crippen LogP contribution in [0.3, 0.4) is 0 Å². The number of likely N-dealkylation sites (tertiary alicyclic amines) is 1. The summed E-state index contributed by atoms with van der Waals surface area (Å²) < 4.78 is 31.1. The lowest BCUT2D eigenvalue weighted by Crippen LogP contribution is -2.46. The fourth-order valence-electron chi connectivity index (χ4n) is 7.12. The zero-order valence-corrected chi connectivity index (χ0v) is 27.8. The van der Waals surface area contributed by atoms with Crippen molar-refractivity contribution in [2.75, 3.05) is 33.7 Å². The normalized spacial score (nSPS) is 20.8. The van der Waals surface area contributed by atoms with Crippen LogP contribution in [-0.2, 0) is 12.8 Å². The number of fused-ring (bicyclic) bond motifs is 2. The number of aryl methyl sites for hydroxylation is 1. The highest BCUT2D eigenvalue weighted by Crippen LogP contribution is 2.38. The van der Waals surface area contributed by atoms with Gasteiger partial charge in [-0.05, 0) is 100 Å². The predicted octanol–water partition coefficient (Wildman–Crippen LogP) is 6.36. The molecule has 2 unspecified atom stereocenters. The Hall–Kier alpha value is -3.89. The molecule has 0 spiro atoms. The number of nitrogens with zero attached hydrogens (tertiary/aromatic N) is 6. The molecule has 1 aliphatic carbocycles. The zero-order valence-electron chi connectivity index (χ0n) is 27.8. The average Bonchev–Trinajstić information content (AvgIpc) is 3.06. The van der Waals surface area contributed by atoms with E-state index in [-0.39, 0.29) is 35.4 Å². The second-order valence-corrected chi connectivity index (χ2v) is 13.9. The molecule has 0 saturated carbocycles. The second kappa shape index (κ2) is 14.1. The summed E-state index contributed by atoms with van der Waals surface area (Å²) in [6, 6.07) is 10.6. The Balaban J connectivity index is 1.27. The molecular formula is C37H45F2N7O. The first-order valence-electron chi connectivity index (χ1n) is 16.8. The molecule has 1 amide bonds. The van der Waals surface area contributed by atoms with Crippen molar-refractivity contribution in [1.29, 1.82) is 0 Å². The van der Waals surface area contributed by atoms with E-state index in [2.05, 4.69) is 49.4 Å². The van der Waals surface area contributed by atoms with Gasteiger partial charge in [0.2, 0.25) is 0 Å². The highest BCUT2D eigenvalue weighted by molar-refractivity contribution is 5.98. The summed E-state index contributed by atoms with van der Waals surface area (Å²) in [5, 5.41) is 11.5. The molecule has 1 aliphatic heterocycles. The Morgan fingerprint density at radius 1 is 1.13 bits per heavy atom. The summed E-state index contributed by atoms with van der Waals surface area (Å²) >= 11 is 0. The van der Waals surface area contributed by atoms with Crippen molar-refractivity contribution < 1.29 is 13.6 Å². The third-order valence-corrected chi connectivity index (χ3v) is 10.0. The van der Waals surface area contributed by atoms with Crippen LogP contribution in [0.5, 0.6) is 0 Å². The number of nitrogens with one attached hydrogen (secondary N) is 1. The van der Waals surface area contributed by atoms with Crippen LogP contribution in [0, 0.1) is 11.7 Å². The molecule has 6 rings (SSSR count). The minimum absolute atomic E-state index is 0.134. The Kier molecular flexibility index (Phi) is 9.89. The Bertz CT molecular complexity index is 1700. The number of rotatable bonds is 10. The van der Waals surface area contributed by atoms with Crippen LogP contribution in [-0.4, -0.2) is 81.3 Å². The molecule has 248 valence electrons. The molecular weight excluding hydrogens is 596 g/mol. The summed E-state index contributed by atoms with van der Waals surface area (Å²) in [4.78, 5) is 27.9. The number of carbonyl (C=O) groups excluding carboxylic acids is 1. The number of carbonyl (C=O) groups is 1. The van der Waals surface area contributed by atoms with Gasteiger partial charge in [-0.2, -0.15) is 10.2 Å². The standard InChI is InChI=1S/C37H45F2N7O/c1-24(2)37(39)13-10-33-29(20-37)18-27-17-28(19-31(38)35(27)43-33)36(47)44-34(12-16-46-15-6-5-7-30(46)23-45(3)4)25-8-9-32(40-21-25)26-11-14-41-42-22-26/h8-9,11,14,17-19,21-22,24,30,34H,5-7,10,12-13,15-16,20,23H2,1-4H3,(H,44,47)/t30?,34?,37-/m0/s1. The van der Waals surface area contributed by atoms with Crippen molar-refractivity contribution in [3.8, 4) is 11.3 Å². The van der Waals surface area contributed by atoms with Crippen LogP contribution >= 0.6 is 0 Å². The maximum Gasteiger partial charge on any atom is 0.251 e. The number of benzene rings is 1. The quantitative estimate of drug-likeness (QED) is 0.216. The third-order valence-electron chi connectivity index (χ3n) is 10.0. The summed E-state index contributed by atoms with van der Waals surface area (Å²) in [7, 11) is 4.21. The number of piperidine rings is 1. The van der Waals surface area contributed by atoms with Crippen LogP contribution in [0.1, 0.15) is 79.2 Å². The average molecular weight is 642 g/mol. The van der Waals surface area contributed by atoms with Crippen molar-refractivity contribution >= 4 is 16.8 Å². The van der Waals surface area contributed by atoms with Gasteiger partial charge in [-0.3, -0.25) is 14.7 Å². The van der Waals surface area contributed by atoms with Crippen LogP contribution < -0.4 is 5.32 Å². The van der Waals surface area contributed by atoms with Crippen LogP contribution in [0.15, 0.2) is 55.0 Å². The lowest BCUT2D eigenvalue weighted by molar-refractivity contribution is 0.0821. The van der Waals surface area contributed by atoms with Gasteiger partial charge in [0.15, 0.2) is 0 Å². The summed E-state index contributed by atoms with van der Waals surface area (Å²) in [5.41, 5.74) is 3.13. The van der Waals surface area contributed by atoms with Gasteiger partial charge in [0.05, 0.1) is 24.1 Å². The number of aromatic nitrogens is 4. The minimum atomic E-state index is -1.32. The number of amides is 1. The molecule has 8 nitrogen and oxygen atoms in total. The Morgan fingerprint density at radius 3 is 2.70 bits per heavy atom. The Labute approximate surface area is 276 Å². The number of halogens is 2. The van der Waals surface area contributed by atoms with E-state index < -0.39 is 11.5 Å². The van der Waals surface area contributed by atoms with Gasteiger partial charge in [0.25, 0.3) is 5.91 Å². The summed E-state index contributed by atoms with van der Waals surface area (Å²) in [5.74, 6) is -1.06. The lowest BCUT2D eigenvalue weighted by Gasteiger charge is -2.38. The number of hydrogen-bond acceptors (Lipinski definition) is 7. The van der Waals surface area contributed by atoms with Crippen molar-refractivity contribution in [2.24, 2.45) is 5.92 Å². The van der Waals surface area contributed by atoms with E-state index in [1.807, 2.05) is 38.1 Å². The van der Waals surface area contributed by atoms with E-state index in [9.17, 15) is 4.79 Å². The van der Waals surface area contributed by atoms with Gasteiger partial charge in [0.1, 0.15) is 17.0 Å². The largest absolute Gasteiger partial charge is 0.345 e. The third kappa shape index (κ3) is 7.49. The molecule has 1 fully saturated rings. The smallest absolute Gasteiger partial charge is 0.251 e. The fourth-order valence-corrected chi connectivity index (χ4v) is 7.12. The van der Waals surface area contributed by atoms with Gasteiger partial charge in [0, 0.05) is 54.0 Å². The van der Waals surface area contributed by atoms with E-state index in [0.717, 1.165) is 60.6 Å². The van der Waals surface area contributed by atoms with Crippen molar-refractivity contribution in [3.05, 3.63) is 83.2 Å². The molecule has 4 heterocycles. The SMILES string of the molecule is CC(C)[C@]1(F)CCc2nc3c(F)cc(C(=O)NC(CCN4CCCCC4CN(C)C)c4ccc(-c5ccnnc5)nc4)cc3cc2C1. The molecule has 0 radical (unpaired) electrons. The van der Waals surface area contributed by atoms with Crippen molar-refractivity contribution in [2.45, 2.75) is 76.5 Å². The highest BCUT2D eigenvalue weighted by Gasteiger charge is 2.38. The molecule has 10 heteroatoms. The van der Waals surface area contributed by atoms with Crippen LogP contribution in [0.4, 0.5) is 8.78 Å². The van der Waals surface area contributed by atoms with E-state index in [1.54, 1.807) is 24.7 Å². The topological polar surface area (TPSA) is 87.1 Å². The number of hydrogen-bond donors (Lipinski definition) is 1. The number of pyridine rings is 2. The predicted molar refractivity (Wildman–Crippen MR) is 180 cm³/mol. The molecule has 47 heavy (non-hydrogen) atoms. The van der Waals surface area contributed by atoms with E-state index in [0.29, 0.717) is 30.7 Å². The van der Waals surface area contributed by atoms with Gasteiger partial charge in [-0.15, -0.1) is 0 Å². The van der Waals surface area contributed by atoms with Gasteiger partial charge in [-0.25, -0.2) is 13.8 Å². The van der Waals surface area contributed by atoms with Crippen molar-refractivity contribution in [3.63, 3.8) is 0 Å². The maximum absolute atomic E-state index is 15.6. The van der Waals surface area contributed by atoms with Gasteiger partial charge >= 0.3 is 0 Å². The van der Waals surface area contributed by atoms with Crippen molar-refractivity contribution in [1.82, 2.24) is 35.3 Å². The first kappa shape index (κ1) is 33.0. The second-order valence-electron chi connectivity index (χ2n) is 13.9. The minimum Gasteiger partial charge on any atom is -0.345 e. The Morgan fingerprint density at radius 2 is 1.98 bits per heavy atom. The molecule has 1 saturated heterocycles. The molecule has 3 aromatic heterocycles. The molecule has 2 aliphatic rings. The van der Waals surface area contributed by atoms with Gasteiger partial charge < -0.3 is 10.2 Å². The molecule has 4 aromatic rings.